The van der Waals surface area contributed by atoms with Gasteiger partial charge in [-0.3, -0.25) is 4.79 Å². The summed E-state index contributed by atoms with van der Waals surface area (Å²) < 4.78 is 10.8. The molecular formula is C27H32N2O6. The summed E-state index contributed by atoms with van der Waals surface area (Å²) in [5, 5.41) is 14.9. The lowest BCUT2D eigenvalue weighted by Gasteiger charge is -2.32. The van der Waals surface area contributed by atoms with Gasteiger partial charge in [0.25, 0.3) is 0 Å². The van der Waals surface area contributed by atoms with E-state index in [4.69, 9.17) is 9.47 Å². The predicted molar refractivity (Wildman–Crippen MR) is 130 cm³/mol. The van der Waals surface area contributed by atoms with Crippen LogP contribution >= 0.6 is 0 Å². The monoisotopic (exact) mass is 480 g/mol. The molecule has 1 saturated heterocycles. The second-order valence-electron chi connectivity index (χ2n) is 9.16. The third kappa shape index (κ3) is 4.89. The highest BCUT2D eigenvalue weighted by Gasteiger charge is 2.41. The van der Waals surface area contributed by atoms with Gasteiger partial charge in [0.05, 0.1) is 11.5 Å². The maximum Gasteiger partial charge on any atom is 0.407 e. The van der Waals surface area contributed by atoms with Crippen molar-refractivity contribution in [1.29, 1.82) is 0 Å². The fourth-order valence-corrected chi connectivity index (χ4v) is 5.09. The van der Waals surface area contributed by atoms with E-state index in [9.17, 15) is 19.5 Å². The summed E-state index contributed by atoms with van der Waals surface area (Å²) in [4.78, 5) is 37.2. The van der Waals surface area contributed by atoms with E-state index in [-0.39, 0.29) is 31.6 Å². The number of alkyl carbamates (subject to hydrolysis) is 1. The van der Waals surface area contributed by atoms with Crippen molar-refractivity contribution >= 4 is 18.0 Å². The van der Waals surface area contributed by atoms with Gasteiger partial charge in [0.1, 0.15) is 6.61 Å². The molecule has 0 unspecified atom stereocenters. The number of carboxylic acids is 1. The summed E-state index contributed by atoms with van der Waals surface area (Å²) in [6.45, 7) is 4.32. The van der Waals surface area contributed by atoms with Crippen molar-refractivity contribution in [1.82, 2.24) is 10.6 Å². The molecule has 2 atom stereocenters. The number of ether oxygens (including phenoxy) is 2. The first-order valence-electron chi connectivity index (χ1n) is 12.1. The summed E-state index contributed by atoms with van der Waals surface area (Å²) in [6, 6.07) is 15.7. The molecule has 2 aromatic carbocycles. The number of hydrogen-bond acceptors (Lipinski definition) is 5. The van der Waals surface area contributed by atoms with Gasteiger partial charge in [-0.1, -0.05) is 62.4 Å². The molecule has 1 aliphatic heterocycles. The highest BCUT2D eigenvalue weighted by Crippen LogP contribution is 2.44. The van der Waals surface area contributed by atoms with Crippen LogP contribution in [0.5, 0.6) is 0 Å². The topological polar surface area (TPSA) is 114 Å². The largest absolute Gasteiger partial charge is 0.479 e. The standard InChI is InChI=1S/C27H32N2O6/c1-3-27(4-2,25(32)29-22-13-14-34-23(22)24(30)31)16-28-26(33)35-15-21-19-11-7-5-9-17(19)18-10-6-8-12-20(18)21/h5-12,21-23H,3-4,13-16H2,1-2H3,(H,28,33)(H,29,32)(H,30,31)/t22-,23+/m1/s1. The lowest BCUT2D eigenvalue weighted by atomic mass is 9.81. The number of carbonyl (C=O) groups excluding carboxylic acids is 2. The number of rotatable bonds is 9. The highest BCUT2D eigenvalue weighted by molar-refractivity contribution is 5.85. The van der Waals surface area contributed by atoms with Crippen LogP contribution in [0.1, 0.15) is 50.2 Å². The van der Waals surface area contributed by atoms with Gasteiger partial charge in [0.2, 0.25) is 5.91 Å². The van der Waals surface area contributed by atoms with Crippen LogP contribution in [0.15, 0.2) is 48.5 Å². The van der Waals surface area contributed by atoms with Crippen LogP contribution < -0.4 is 10.6 Å². The van der Waals surface area contributed by atoms with E-state index in [1.807, 2.05) is 38.1 Å². The number of fused-ring (bicyclic) bond motifs is 3. The summed E-state index contributed by atoms with van der Waals surface area (Å²) >= 11 is 0. The molecule has 0 aromatic heterocycles. The number of hydrogen-bond donors (Lipinski definition) is 3. The van der Waals surface area contributed by atoms with Gasteiger partial charge in [-0.2, -0.15) is 0 Å². The maximum atomic E-state index is 13.2. The molecule has 35 heavy (non-hydrogen) atoms. The minimum atomic E-state index is -1.09. The molecule has 8 heteroatoms. The molecule has 0 radical (unpaired) electrons. The predicted octanol–water partition coefficient (Wildman–Crippen LogP) is 3.69. The minimum Gasteiger partial charge on any atom is -0.479 e. The van der Waals surface area contributed by atoms with E-state index < -0.39 is 29.6 Å². The Morgan fingerprint density at radius 2 is 1.63 bits per heavy atom. The number of amides is 2. The molecule has 1 aliphatic carbocycles. The average Bonchev–Trinajstić information content (AvgIpc) is 3.46. The zero-order valence-corrected chi connectivity index (χ0v) is 20.1. The van der Waals surface area contributed by atoms with Gasteiger partial charge in [-0.15, -0.1) is 0 Å². The second kappa shape index (κ2) is 10.5. The molecular weight excluding hydrogens is 448 g/mol. The van der Waals surface area contributed by atoms with Crippen molar-refractivity contribution in [3.8, 4) is 11.1 Å². The number of carboxylic acid groups (broad SMARTS) is 1. The molecule has 1 heterocycles. The quantitative estimate of drug-likeness (QED) is 0.504. The van der Waals surface area contributed by atoms with Crippen LogP contribution in [0.25, 0.3) is 11.1 Å². The Morgan fingerprint density at radius 1 is 1.03 bits per heavy atom. The Bertz CT molecular complexity index is 1050. The molecule has 1 fully saturated rings. The summed E-state index contributed by atoms with van der Waals surface area (Å²) in [6.07, 6.45) is -0.250. The fourth-order valence-electron chi connectivity index (χ4n) is 5.09. The van der Waals surface area contributed by atoms with Crippen LogP contribution in [0.3, 0.4) is 0 Å². The minimum absolute atomic E-state index is 0.0473. The Balaban J connectivity index is 1.37. The maximum absolute atomic E-state index is 13.2. The average molecular weight is 481 g/mol. The molecule has 2 aromatic rings. The van der Waals surface area contributed by atoms with E-state index in [0.29, 0.717) is 19.3 Å². The van der Waals surface area contributed by atoms with Gasteiger partial charge in [0.15, 0.2) is 6.10 Å². The molecule has 186 valence electrons. The van der Waals surface area contributed by atoms with Gasteiger partial charge in [-0.25, -0.2) is 9.59 Å². The molecule has 3 N–H and O–H groups in total. The SMILES string of the molecule is CCC(CC)(CNC(=O)OCC1c2ccccc2-c2ccccc21)C(=O)N[C@@H]1CCO[C@@H]1C(=O)O. The fraction of sp³-hybridized carbons (Fsp3) is 0.444. The highest BCUT2D eigenvalue weighted by atomic mass is 16.5. The smallest absolute Gasteiger partial charge is 0.407 e. The van der Waals surface area contributed by atoms with Crippen LogP contribution in [-0.4, -0.2) is 55.0 Å². The van der Waals surface area contributed by atoms with E-state index >= 15 is 0 Å². The normalized spacial score (nSPS) is 19.0. The Kier molecular flexibility index (Phi) is 7.40. The number of aliphatic carboxylic acids is 1. The van der Waals surface area contributed by atoms with Crippen molar-refractivity contribution in [2.75, 3.05) is 19.8 Å². The van der Waals surface area contributed by atoms with Gasteiger partial charge in [-0.05, 0) is 41.5 Å². The van der Waals surface area contributed by atoms with Crippen molar-refractivity contribution in [3.05, 3.63) is 59.7 Å². The van der Waals surface area contributed by atoms with Crippen LogP contribution in [0, 0.1) is 5.41 Å². The Labute approximate surface area is 205 Å². The molecule has 0 spiro atoms. The van der Waals surface area contributed by atoms with E-state index in [1.54, 1.807) is 0 Å². The Morgan fingerprint density at radius 3 is 2.20 bits per heavy atom. The Hall–Kier alpha value is -3.39. The zero-order chi connectivity index (χ0) is 25.0. The van der Waals surface area contributed by atoms with Crippen molar-refractivity contribution in [2.24, 2.45) is 5.41 Å². The molecule has 4 rings (SSSR count). The van der Waals surface area contributed by atoms with E-state index in [0.717, 1.165) is 22.3 Å². The first kappa shape index (κ1) is 24.7. The van der Waals surface area contributed by atoms with Gasteiger partial charge >= 0.3 is 12.1 Å². The second-order valence-corrected chi connectivity index (χ2v) is 9.16. The van der Waals surface area contributed by atoms with Crippen LogP contribution in [0.2, 0.25) is 0 Å². The number of carbonyl (C=O) groups is 3. The van der Waals surface area contributed by atoms with Crippen molar-refractivity contribution in [2.45, 2.75) is 51.2 Å². The molecule has 2 amide bonds. The number of benzene rings is 2. The van der Waals surface area contributed by atoms with Gasteiger partial charge < -0.3 is 25.2 Å². The summed E-state index contributed by atoms with van der Waals surface area (Å²) in [7, 11) is 0. The lowest BCUT2D eigenvalue weighted by Crippen LogP contribution is -2.53. The van der Waals surface area contributed by atoms with Crippen molar-refractivity contribution in [3.63, 3.8) is 0 Å². The van der Waals surface area contributed by atoms with Gasteiger partial charge in [0, 0.05) is 19.1 Å². The van der Waals surface area contributed by atoms with Crippen LogP contribution in [-0.2, 0) is 19.1 Å². The third-order valence-corrected chi connectivity index (χ3v) is 7.40. The van der Waals surface area contributed by atoms with E-state index in [1.165, 1.54) is 0 Å². The molecule has 8 nitrogen and oxygen atoms in total. The molecule has 2 aliphatic rings. The van der Waals surface area contributed by atoms with E-state index in [2.05, 4.69) is 34.9 Å². The lowest BCUT2D eigenvalue weighted by molar-refractivity contribution is -0.148. The summed E-state index contributed by atoms with van der Waals surface area (Å²) in [5.41, 5.74) is 3.69. The number of nitrogens with one attached hydrogen (secondary N) is 2. The zero-order valence-electron chi connectivity index (χ0n) is 20.1. The van der Waals surface area contributed by atoms with Crippen LogP contribution in [0.4, 0.5) is 4.79 Å². The summed E-state index contributed by atoms with van der Waals surface area (Å²) in [5.74, 6) is -1.43. The third-order valence-electron chi connectivity index (χ3n) is 7.40. The van der Waals surface area contributed by atoms with Crippen molar-refractivity contribution < 1.29 is 29.0 Å². The first-order valence-corrected chi connectivity index (χ1v) is 12.1. The first-order chi connectivity index (χ1) is 16.9. The molecule has 0 bridgehead atoms. The molecule has 0 saturated carbocycles.